The molecule has 2 rings (SSSR count). The molecule has 0 amide bonds. The number of aliphatic imine (C=N–C) groups is 3. The average molecular weight is 233 g/mol. The highest BCUT2D eigenvalue weighted by molar-refractivity contribution is 5.87. The molecule has 94 valence electrons. The van der Waals surface area contributed by atoms with E-state index in [4.69, 9.17) is 4.99 Å². The maximum absolute atomic E-state index is 4.87. The molecule has 17 heavy (non-hydrogen) atoms. The molecular weight excluding hydrogens is 210 g/mol. The summed E-state index contributed by atoms with van der Waals surface area (Å²) in [7, 11) is 0. The molecule has 0 saturated heterocycles. The van der Waals surface area contributed by atoms with Gasteiger partial charge in [-0.3, -0.25) is 15.0 Å². The van der Waals surface area contributed by atoms with Gasteiger partial charge < -0.3 is 0 Å². The number of hydrogen-bond donors (Lipinski definition) is 0. The largest absolute Gasteiger partial charge is 0.297 e. The second-order valence-corrected chi connectivity index (χ2v) is 5.15. The van der Waals surface area contributed by atoms with Crippen LogP contribution >= 0.6 is 0 Å². The molecule has 0 N–H and O–H groups in total. The highest BCUT2D eigenvalue weighted by atomic mass is 14.9. The Labute approximate surface area is 104 Å². The van der Waals surface area contributed by atoms with E-state index in [9.17, 15) is 0 Å². The van der Waals surface area contributed by atoms with Crippen LogP contribution in [0.3, 0.4) is 0 Å². The second-order valence-electron chi connectivity index (χ2n) is 5.15. The molecule has 0 fully saturated rings. The van der Waals surface area contributed by atoms with Crippen LogP contribution in [0.1, 0.15) is 46.0 Å². The molecule has 2 aliphatic heterocycles. The van der Waals surface area contributed by atoms with Gasteiger partial charge in [-0.1, -0.05) is 0 Å². The van der Waals surface area contributed by atoms with E-state index in [-0.39, 0.29) is 0 Å². The third kappa shape index (κ3) is 3.48. The number of rotatable bonds is 3. The molecule has 3 atom stereocenters. The van der Waals surface area contributed by atoms with Crippen molar-refractivity contribution in [1.29, 1.82) is 0 Å². The van der Waals surface area contributed by atoms with Gasteiger partial charge in [0.25, 0.3) is 0 Å². The summed E-state index contributed by atoms with van der Waals surface area (Å²) in [6.07, 6.45) is 9.95. The molecule has 3 unspecified atom stereocenters. The van der Waals surface area contributed by atoms with Crippen LogP contribution in [0, 0.1) is 5.92 Å². The summed E-state index contributed by atoms with van der Waals surface area (Å²) >= 11 is 0. The summed E-state index contributed by atoms with van der Waals surface area (Å²) in [5.74, 6) is 0.613. The van der Waals surface area contributed by atoms with Gasteiger partial charge in [-0.15, -0.1) is 0 Å². The first-order valence-electron chi connectivity index (χ1n) is 6.81. The predicted octanol–water partition coefficient (Wildman–Crippen LogP) is 2.94. The lowest BCUT2D eigenvalue weighted by Crippen LogP contribution is -2.25. The van der Waals surface area contributed by atoms with E-state index >= 15 is 0 Å². The normalized spacial score (nSPS) is 31.5. The van der Waals surface area contributed by atoms with Crippen LogP contribution in [-0.4, -0.2) is 36.8 Å². The smallest absolute Gasteiger partial charge is 0.0716 e. The van der Waals surface area contributed by atoms with Gasteiger partial charge >= 0.3 is 0 Å². The van der Waals surface area contributed by atoms with E-state index in [1.807, 2.05) is 0 Å². The lowest BCUT2D eigenvalue weighted by Gasteiger charge is -2.23. The third-order valence-electron chi connectivity index (χ3n) is 3.81. The Bertz CT molecular complexity index is 330. The summed E-state index contributed by atoms with van der Waals surface area (Å²) in [5, 5.41) is 0. The zero-order valence-corrected chi connectivity index (χ0v) is 11.0. The summed E-state index contributed by atoms with van der Waals surface area (Å²) in [4.78, 5) is 13.7. The fourth-order valence-corrected chi connectivity index (χ4v) is 2.60. The molecule has 2 heterocycles. The molecule has 0 aromatic rings. The molecule has 0 aliphatic carbocycles. The highest BCUT2D eigenvalue weighted by Gasteiger charge is 2.19. The van der Waals surface area contributed by atoms with Crippen LogP contribution in [-0.2, 0) is 0 Å². The predicted molar refractivity (Wildman–Crippen MR) is 74.8 cm³/mol. The van der Waals surface area contributed by atoms with Gasteiger partial charge in [-0.05, 0) is 58.4 Å². The minimum Gasteiger partial charge on any atom is -0.297 e. The molecule has 2 aliphatic rings. The van der Waals surface area contributed by atoms with Crippen LogP contribution in [0.25, 0.3) is 0 Å². The monoisotopic (exact) mass is 233 g/mol. The number of nitrogens with zero attached hydrogens (tertiary/aromatic N) is 3. The van der Waals surface area contributed by atoms with E-state index < -0.39 is 0 Å². The van der Waals surface area contributed by atoms with Gasteiger partial charge in [-0.25, -0.2) is 0 Å². The van der Waals surface area contributed by atoms with Crippen molar-refractivity contribution in [1.82, 2.24) is 0 Å². The average Bonchev–Trinajstić information content (AvgIpc) is 2.40. The minimum atomic E-state index is 0.338. The molecule has 3 heteroatoms. The first kappa shape index (κ1) is 12.5. The molecule has 0 saturated carbocycles. The van der Waals surface area contributed by atoms with Crippen LogP contribution < -0.4 is 0 Å². The van der Waals surface area contributed by atoms with Gasteiger partial charge in [0.15, 0.2) is 0 Å². The van der Waals surface area contributed by atoms with Crippen molar-refractivity contribution < 1.29 is 0 Å². The van der Waals surface area contributed by atoms with Gasteiger partial charge in [0.2, 0.25) is 0 Å². The van der Waals surface area contributed by atoms with Crippen LogP contribution in [0.5, 0.6) is 0 Å². The zero-order chi connectivity index (χ0) is 12.1. The first-order valence-corrected chi connectivity index (χ1v) is 6.81. The number of hydrogen-bond acceptors (Lipinski definition) is 3. The van der Waals surface area contributed by atoms with Crippen molar-refractivity contribution in [2.45, 2.75) is 58.0 Å². The molecule has 0 radical (unpaired) electrons. The van der Waals surface area contributed by atoms with E-state index in [0.29, 0.717) is 18.0 Å². The first-order chi connectivity index (χ1) is 8.27. The van der Waals surface area contributed by atoms with E-state index in [2.05, 4.69) is 36.3 Å². The van der Waals surface area contributed by atoms with E-state index in [1.165, 1.54) is 18.6 Å². The van der Waals surface area contributed by atoms with Crippen molar-refractivity contribution in [3.63, 3.8) is 0 Å². The van der Waals surface area contributed by atoms with Crippen molar-refractivity contribution >= 4 is 18.1 Å². The van der Waals surface area contributed by atoms with Gasteiger partial charge in [0.05, 0.1) is 12.1 Å². The second kappa shape index (κ2) is 6.08. The fourth-order valence-electron chi connectivity index (χ4n) is 2.60. The maximum Gasteiger partial charge on any atom is 0.0716 e. The van der Waals surface area contributed by atoms with Crippen molar-refractivity contribution in [2.75, 3.05) is 6.54 Å². The zero-order valence-electron chi connectivity index (χ0n) is 11.0. The molecule has 0 bridgehead atoms. The molecule has 0 spiro atoms. The quantitative estimate of drug-likeness (QED) is 0.672. The van der Waals surface area contributed by atoms with Crippen LogP contribution in [0.2, 0.25) is 0 Å². The Kier molecular flexibility index (Phi) is 4.46. The topological polar surface area (TPSA) is 37.1 Å². The molecular formula is C14H23N3. The molecule has 0 aromatic heterocycles. The Morgan fingerprint density at radius 3 is 2.88 bits per heavy atom. The molecule has 3 nitrogen and oxygen atoms in total. The Balaban J connectivity index is 1.94. The SMILES string of the molecule is CC(=NC(C)C1CCCC=N1)C1CC=NCC1. The van der Waals surface area contributed by atoms with Gasteiger partial charge in [-0.2, -0.15) is 0 Å². The lowest BCUT2D eigenvalue weighted by molar-refractivity contribution is 0.498. The van der Waals surface area contributed by atoms with Crippen molar-refractivity contribution in [3.05, 3.63) is 0 Å². The Morgan fingerprint density at radius 2 is 2.24 bits per heavy atom. The minimum absolute atomic E-state index is 0.338. The third-order valence-corrected chi connectivity index (χ3v) is 3.81. The fraction of sp³-hybridized carbons (Fsp3) is 0.786. The van der Waals surface area contributed by atoms with Gasteiger partial charge in [0, 0.05) is 18.2 Å². The van der Waals surface area contributed by atoms with E-state index in [0.717, 1.165) is 25.8 Å². The van der Waals surface area contributed by atoms with E-state index in [1.54, 1.807) is 0 Å². The standard InChI is InChI=1S/C14H23N3/c1-11(13-6-9-15-10-7-13)17-12(2)14-5-3-4-8-16-14/h8-9,12-14H,3-7,10H2,1-2H3. The lowest BCUT2D eigenvalue weighted by atomic mass is 9.94. The van der Waals surface area contributed by atoms with Crippen LogP contribution in [0.4, 0.5) is 0 Å². The summed E-state index contributed by atoms with van der Waals surface area (Å²) in [6, 6.07) is 0.751. The maximum atomic E-state index is 4.87. The Morgan fingerprint density at radius 1 is 1.35 bits per heavy atom. The van der Waals surface area contributed by atoms with Crippen molar-refractivity contribution in [2.24, 2.45) is 20.9 Å². The van der Waals surface area contributed by atoms with Crippen LogP contribution in [0.15, 0.2) is 15.0 Å². The summed E-state index contributed by atoms with van der Waals surface area (Å²) in [5.41, 5.74) is 1.30. The summed E-state index contributed by atoms with van der Waals surface area (Å²) < 4.78 is 0. The van der Waals surface area contributed by atoms with Crippen molar-refractivity contribution in [3.8, 4) is 0 Å². The Hall–Kier alpha value is -0.990. The van der Waals surface area contributed by atoms with Gasteiger partial charge in [0.1, 0.15) is 0 Å². The summed E-state index contributed by atoms with van der Waals surface area (Å²) in [6.45, 7) is 5.34. The highest BCUT2D eigenvalue weighted by Crippen LogP contribution is 2.19. The molecule has 0 aromatic carbocycles.